The fraction of sp³-hybridized carbons (Fsp3) is 0.308. The molecule has 0 aliphatic carbocycles. The van der Waals surface area contributed by atoms with Crippen molar-refractivity contribution in [2.45, 2.75) is 25.9 Å². The minimum absolute atomic E-state index is 0.102. The number of nitrogens with one attached hydrogen (secondary N) is 1. The highest BCUT2D eigenvalue weighted by Gasteiger charge is 2.22. The highest BCUT2D eigenvalue weighted by Crippen LogP contribution is 2.22. The molecule has 0 amide bonds. The maximum Gasteiger partial charge on any atom is 0.112 e. The average molecular weight is 247 g/mol. The lowest BCUT2D eigenvalue weighted by atomic mass is 10.1. The molecule has 1 aromatic carbocycles. The van der Waals surface area contributed by atoms with E-state index in [9.17, 15) is 0 Å². The van der Waals surface area contributed by atoms with Gasteiger partial charge in [0.05, 0.1) is 5.54 Å². The van der Waals surface area contributed by atoms with Crippen LogP contribution in [0.1, 0.15) is 24.4 Å². The normalized spacial score (nSPS) is 11.6. The first-order valence-corrected chi connectivity index (χ1v) is 6.45. The second-order valence-corrected chi connectivity index (χ2v) is 5.45. The van der Waals surface area contributed by atoms with Crippen LogP contribution in [0.25, 0.3) is 0 Å². The number of hydrogen-bond donors (Lipinski definition) is 2. The van der Waals surface area contributed by atoms with Crippen LogP contribution in [0.3, 0.4) is 0 Å². The summed E-state index contributed by atoms with van der Waals surface area (Å²) in [6.07, 6.45) is 1.84. The zero-order valence-electron chi connectivity index (χ0n) is 10.1. The number of anilines is 1. The lowest BCUT2D eigenvalue weighted by Crippen LogP contribution is -2.35. The van der Waals surface area contributed by atoms with Crippen LogP contribution in [0.2, 0.25) is 0 Å². The summed E-state index contributed by atoms with van der Waals surface area (Å²) >= 11 is 1.67. The molecule has 0 radical (unpaired) electrons. The molecule has 3 nitrogen and oxygen atoms in total. The Morgan fingerprint density at radius 1 is 1.29 bits per heavy atom. The van der Waals surface area contributed by atoms with Gasteiger partial charge < -0.3 is 11.1 Å². The van der Waals surface area contributed by atoms with E-state index in [2.05, 4.69) is 24.1 Å². The Hall–Kier alpha value is -1.39. The van der Waals surface area contributed by atoms with Crippen LogP contribution in [0.4, 0.5) is 5.69 Å². The molecule has 0 spiro atoms. The van der Waals surface area contributed by atoms with Crippen molar-refractivity contribution in [2.75, 3.05) is 5.73 Å². The van der Waals surface area contributed by atoms with E-state index in [0.717, 1.165) is 17.2 Å². The maximum atomic E-state index is 5.66. The Bertz CT molecular complexity index is 460. The molecule has 0 aliphatic heterocycles. The molecule has 0 saturated carbocycles. The summed E-state index contributed by atoms with van der Waals surface area (Å²) in [4.78, 5) is 4.35. The third-order valence-electron chi connectivity index (χ3n) is 2.68. The Labute approximate surface area is 106 Å². The molecule has 2 rings (SSSR count). The van der Waals surface area contributed by atoms with Gasteiger partial charge in [-0.2, -0.15) is 0 Å². The Kier molecular flexibility index (Phi) is 3.45. The molecule has 90 valence electrons. The minimum Gasteiger partial charge on any atom is -0.399 e. The zero-order valence-corrected chi connectivity index (χ0v) is 10.9. The van der Waals surface area contributed by atoms with Crippen molar-refractivity contribution in [1.29, 1.82) is 0 Å². The highest BCUT2D eigenvalue weighted by molar-refractivity contribution is 7.09. The Morgan fingerprint density at radius 3 is 2.59 bits per heavy atom. The summed E-state index contributed by atoms with van der Waals surface area (Å²) in [5, 5.41) is 6.61. The van der Waals surface area contributed by atoms with E-state index in [1.807, 2.05) is 35.8 Å². The lowest BCUT2D eigenvalue weighted by Gasteiger charge is -2.24. The highest BCUT2D eigenvalue weighted by atomic mass is 32.1. The van der Waals surface area contributed by atoms with Gasteiger partial charge in [-0.1, -0.05) is 12.1 Å². The molecule has 0 saturated heterocycles. The van der Waals surface area contributed by atoms with Gasteiger partial charge in [0, 0.05) is 23.8 Å². The van der Waals surface area contributed by atoms with E-state index in [0.29, 0.717) is 0 Å². The van der Waals surface area contributed by atoms with Gasteiger partial charge in [-0.3, -0.25) is 0 Å². The first-order chi connectivity index (χ1) is 8.08. The quantitative estimate of drug-likeness (QED) is 0.817. The van der Waals surface area contributed by atoms with E-state index >= 15 is 0 Å². The predicted octanol–water partition coefficient (Wildman–Crippen LogP) is 2.75. The number of nitrogens with two attached hydrogens (primary N) is 1. The van der Waals surface area contributed by atoms with Crippen molar-refractivity contribution in [3.8, 4) is 0 Å². The third-order valence-corrected chi connectivity index (χ3v) is 3.78. The van der Waals surface area contributed by atoms with Crippen LogP contribution in [0.15, 0.2) is 35.8 Å². The fourth-order valence-electron chi connectivity index (χ4n) is 1.57. The van der Waals surface area contributed by atoms with E-state index in [-0.39, 0.29) is 5.54 Å². The van der Waals surface area contributed by atoms with Crippen molar-refractivity contribution in [3.63, 3.8) is 0 Å². The van der Waals surface area contributed by atoms with Gasteiger partial charge in [0.25, 0.3) is 0 Å². The van der Waals surface area contributed by atoms with Crippen LogP contribution in [-0.4, -0.2) is 4.98 Å². The van der Waals surface area contributed by atoms with Gasteiger partial charge in [-0.05, 0) is 31.5 Å². The largest absolute Gasteiger partial charge is 0.399 e. The third kappa shape index (κ3) is 3.05. The maximum absolute atomic E-state index is 5.66. The van der Waals surface area contributed by atoms with Gasteiger partial charge in [0.15, 0.2) is 0 Å². The van der Waals surface area contributed by atoms with E-state index in [4.69, 9.17) is 5.73 Å². The summed E-state index contributed by atoms with van der Waals surface area (Å²) in [5.74, 6) is 0. The second-order valence-electron chi connectivity index (χ2n) is 4.56. The number of thiazole rings is 1. The smallest absolute Gasteiger partial charge is 0.112 e. The van der Waals surface area contributed by atoms with E-state index < -0.39 is 0 Å². The minimum atomic E-state index is -0.102. The summed E-state index contributed by atoms with van der Waals surface area (Å²) < 4.78 is 0. The van der Waals surface area contributed by atoms with Gasteiger partial charge in [0.1, 0.15) is 5.01 Å². The monoisotopic (exact) mass is 247 g/mol. The summed E-state index contributed by atoms with van der Waals surface area (Å²) in [7, 11) is 0. The summed E-state index contributed by atoms with van der Waals surface area (Å²) in [6.45, 7) is 5.10. The van der Waals surface area contributed by atoms with Gasteiger partial charge in [-0.25, -0.2) is 4.98 Å². The van der Waals surface area contributed by atoms with Crippen molar-refractivity contribution in [3.05, 3.63) is 46.4 Å². The van der Waals surface area contributed by atoms with E-state index in [1.54, 1.807) is 11.3 Å². The molecule has 4 heteroatoms. The molecule has 17 heavy (non-hydrogen) atoms. The number of benzene rings is 1. The van der Waals surface area contributed by atoms with Crippen molar-refractivity contribution >= 4 is 17.0 Å². The number of rotatable bonds is 4. The molecule has 1 aromatic heterocycles. The molecule has 0 unspecified atom stereocenters. The Morgan fingerprint density at radius 2 is 2.00 bits per heavy atom. The second kappa shape index (κ2) is 4.85. The molecule has 3 N–H and O–H groups in total. The molecule has 0 bridgehead atoms. The van der Waals surface area contributed by atoms with Crippen LogP contribution < -0.4 is 11.1 Å². The van der Waals surface area contributed by atoms with Gasteiger partial charge in [0.2, 0.25) is 0 Å². The number of nitrogens with zero attached hydrogens (tertiary/aromatic N) is 1. The molecule has 0 fully saturated rings. The van der Waals surface area contributed by atoms with Crippen LogP contribution in [0, 0.1) is 0 Å². The SMILES string of the molecule is CC(C)(NCc1ccc(N)cc1)c1nccs1. The summed E-state index contributed by atoms with van der Waals surface area (Å²) in [6, 6.07) is 7.93. The van der Waals surface area contributed by atoms with Crippen molar-refractivity contribution in [2.24, 2.45) is 0 Å². The molecule has 1 heterocycles. The van der Waals surface area contributed by atoms with Crippen LogP contribution in [-0.2, 0) is 12.1 Å². The number of nitrogen functional groups attached to an aromatic ring is 1. The van der Waals surface area contributed by atoms with Gasteiger partial charge >= 0.3 is 0 Å². The standard InChI is InChI=1S/C13H17N3S/c1-13(2,12-15-7-8-17-12)16-9-10-3-5-11(14)6-4-10/h3-8,16H,9,14H2,1-2H3. The lowest BCUT2D eigenvalue weighted by molar-refractivity contribution is 0.399. The Balaban J connectivity index is 2.00. The van der Waals surface area contributed by atoms with Gasteiger partial charge in [-0.15, -0.1) is 11.3 Å². The molecule has 0 aliphatic rings. The number of aromatic nitrogens is 1. The first-order valence-electron chi connectivity index (χ1n) is 5.57. The predicted molar refractivity (Wildman–Crippen MR) is 72.8 cm³/mol. The van der Waals surface area contributed by atoms with Crippen molar-refractivity contribution in [1.82, 2.24) is 10.3 Å². The average Bonchev–Trinajstić information content (AvgIpc) is 2.82. The van der Waals surface area contributed by atoms with E-state index in [1.165, 1.54) is 5.56 Å². The first kappa shape index (κ1) is 12.1. The van der Waals surface area contributed by atoms with Crippen molar-refractivity contribution < 1.29 is 0 Å². The summed E-state index contributed by atoms with van der Waals surface area (Å²) in [5.41, 5.74) is 7.58. The fourth-order valence-corrected chi connectivity index (χ4v) is 2.31. The molecular weight excluding hydrogens is 230 g/mol. The number of hydrogen-bond acceptors (Lipinski definition) is 4. The van der Waals surface area contributed by atoms with Crippen LogP contribution in [0.5, 0.6) is 0 Å². The molecule has 2 aromatic rings. The molecular formula is C13H17N3S. The van der Waals surface area contributed by atoms with Crippen LogP contribution >= 0.6 is 11.3 Å². The zero-order chi connectivity index (χ0) is 12.3. The topological polar surface area (TPSA) is 50.9 Å². The molecule has 0 atom stereocenters.